The van der Waals surface area contributed by atoms with Gasteiger partial charge in [-0.2, -0.15) is 0 Å². The van der Waals surface area contributed by atoms with Crippen LogP contribution in [0.4, 0.5) is 0 Å². The van der Waals surface area contributed by atoms with Crippen LogP contribution in [0.3, 0.4) is 0 Å². The van der Waals surface area contributed by atoms with E-state index in [0.717, 1.165) is 44.9 Å². The molecule has 3 heteroatoms. The minimum absolute atomic E-state index is 0.00747. The van der Waals surface area contributed by atoms with Crippen LogP contribution in [0.25, 0.3) is 0 Å². The molecule has 33 heavy (non-hydrogen) atoms. The molecule has 4 saturated carbocycles. The number of allylic oxidation sites excluding steroid dienone is 2. The standard InChI is InChI=1S/C30H48O3/c1-25(2)16-17-30(24(32)33)15-10-21-28(6)12-8-19-26(3,4)23(31)11-14-27(19,5)20(28)9-13-29(21,7)22(30)18-25/h10,19-20,22-23,31H,8-9,11-18H2,1-7H3,(H,32,33)/t19-,20-,22-,23-,27-,28+,29+,30+/m0/s1. The Balaban J connectivity index is 1.59. The highest BCUT2D eigenvalue weighted by molar-refractivity contribution is 5.76. The monoisotopic (exact) mass is 456 g/mol. The van der Waals surface area contributed by atoms with Gasteiger partial charge in [-0.1, -0.05) is 60.1 Å². The fourth-order valence-electron chi connectivity index (χ4n) is 10.9. The molecule has 0 spiro atoms. The quantitative estimate of drug-likeness (QED) is 0.409. The number of hydrogen-bond donors (Lipinski definition) is 2. The van der Waals surface area contributed by atoms with Crippen LogP contribution >= 0.6 is 0 Å². The maximum absolute atomic E-state index is 12.8. The molecule has 0 aromatic rings. The summed E-state index contributed by atoms with van der Waals surface area (Å²) < 4.78 is 0. The van der Waals surface area contributed by atoms with E-state index in [1.54, 1.807) is 5.57 Å². The number of carboxylic acid groups (broad SMARTS) is 1. The molecule has 5 aliphatic carbocycles. The van der Waals surface area contributed by atoms with E-state index in [1.165, 1.54) is 19.3 Å². The second-order valence-corrected chi connectivity index (χ2v) is 15.1. The van der Waals surface area contributed by atoms with Crippen molar-refractivity contribution in [3.8, 4) is 0 Å². The molecule has 4 fully saturated rings. The molecule has 5 aliphatic rings. The van der Waals surface area contributed by atoms with Gasteiger partial charge in [-0.3, -0.25) is 4.79 Å². The molecule has 0 unspecified atom stereocenters. The third-order valence-corrected chi connectivity index (χ3v) is 12.7. The van der Waals surface area contributed by atoms with Crippen LogP contribution in [0, 0.1) is 50.2 Å². The molecule has 0 heterocycles. The lowest BCUT2D eigenvalue weighted by Crippen LogP contribution is -2.64. The lowest BCUT2D eigenvalue weighted by atomic mass is 9.34. The van der Waals surface area contributed by atoms with Crippen molar-refractivity contribution in [3.63, 3.8) is 0 Å². The topological polar surface area (TPSA) is 57.5 Å². The first-order chi connectivity index (χ1) is 15.1. The van der Waals surface area contributed by atoms with Gasteiger partial charge in [0.05, 0.1) is 11.5 Å². The summed E-state index contributed by atoms with van der Waals surface area (Å²) in [4.78, 5) is 12.8. The zero-order valence-electron chi connectivity index (χ0n) is 22.3. The third-order valence-electron chi connectivity index (χ3n) is 12.7. The summed E-state index contributed by atoms with van der Waals surface area (Å²) in [5.41, 5.74) is 1.64. The first-order valence-corrected chi connectivity index (χ1v) is 13.8. The number of carbonyl (C=O) groups is 1. The van der Waals surface area contributed by atoms with Crippen molar-refractivity contribution >= 4 is 5.97 Å². The molecule has 0 aromatic heterocycles. The lowest BCUT2D eigenvalue weighted by molar-refractivity contribution is -0.189. The Kier molecular flexibility index (Phi) is 4.99. The molecular weight excluding hydrogens is 408 g/mol. The van der Waals surface area contributed by atoms with Gasteiger partial charge in [0.2, 0.25) is 0 Å². The smallest absolute Gasteiger partial charge is 0.310 e. The Morgan fingerprint density at radius 3 is 2.06 bits per heavy atom. The first kappa shape index (κ1) is 23.9. The largest absolute Gasteiger partial charge is 0.481 e. The summed E-state index contributed by atoms with van der Waals surface area (Å²) >= 11 is 0. The average molecular weight is 457 g/mol. The normalized spacial score (nSPS) is 52.4. The zero-order chi connectivity index (χ0) is 24.2. The number of aliphatic hydroxyl groups excluding tert-OH is 1. The summed E-state index contributed by atoms with van der Waals surface area (Å²) in [6.07, 6.45) is 12.6. The molecular formula is C30H48O3. The number of aliphatic hydroxyl groups is 1. The van der Waals surface area contributed by atoms with Crippen molar-refractivity contribution in [1.29, 1.82) is 0 Å². The summed E-state index contributed by atoms with van der Waals surface area (Å²) in [6, 6.07) is 0. The van der Waals surface area contributed by atoms with E-state index in [0.29, 0.717) is 11.8 Å². The number of fused-ring (bicyclic) bond motifs is 7. The van der Waals surface area contributed by atoms with Gasteiger partial charge in [0.25, 0.3) is 0 Å². The van der Waals surface area contributed by atoms with Crippen molar-refractivity contribution in [2.75, 3.05) is 0 Å². The SMILES string of the molecule is CC1(C)CC[C@]2(C(=O)O)CC=C3[C@]4(C)CC[C@H]5C(C)(C)[C@@H](O)CC[C@]5(C)[C@@H]4CC[C@@]3(C)[C@@H]2C1. The molecule has 0 aromatic carbocycles. The molecule has 3 nitrogen and oxygen atoms in total. The Morgan fingerprint density at radius 1 is 0.818 bits per heavy atom. The second-order valence-electron chi connectivity index (χ2n) is 15.1. The molecule has 2 N–H and O–H groups in total. The average Bonchev–Trinajstić information content (AvgIpc) is 2.70. The van der Waals surface area contributed by atoms with E-state index in [-0.39, 0.29) is 39.1 Å². The summed E-state index contributed by atoms with van der Waals surface area (Å²) in [6.45, 7) is 16.9. The van der Waals surface area contributed by atoms with Crippen molar-refractivity contribution in [3.05, 3.63) is 11.6 Å². The molecule has 8 atom stereocenters. The van der Waals surface area contributed by atoms with E-state index in [1.807, 2.05) is 0 Å². The van der Waals surface area contributed by atoms with Gasteiger partial charge >= 0.3 is 5.97 Å². The molecule has 0 aliphatic heterocycles. The third kappa shape index (κ3) is 2.93. The van der Waals surface area contributed by atoms with Gasteiger partial charge in [0.1, 0.15) is 0 Å². The van der Waals surface area contributed by atoms with E-state index in [9.17, 15) is 15.0 Å². The highest BCUT2D eigenvalue weighted by Crippen LogP contribution is 2.75. The minimum Gasteiger partial charge on any atom is -0.481 e. The van der Waals surface area contributed by atoms with E-state index < -0.39 is 11.4 Å². The van der Waals surface area contributed by atoms with Gasteiger partial charge in [-0.25, -0.2) is 0 Å². The Hall–Kier alpha value is -0.830. The van der Waals surface area contributed by atoms with Crippen molar-refractivity contribution in [1.82, 2.24) is 0 Å². The molecule has 0 saturated heterocycles. The predicted molar refractivity (Wildman–Crippen MR) is 133 cm³/mol. The fraction of sp³-hybridized carbons (Fsp3) is 0.900. The maximum atomic E-state index is 12.8. The minimum atomic E-state index is -0.574. The highest BCUT2D eigenvalue weighted by Gasteiger charge is 2.68. The Morgan fingerprint density at radius 2 is 1.42 bits per heavy atom. The van der Waals surface area contributed by atoms with Crippen LogP contribution < -0.4 is 0 Å². The van der Waals surface area contributed by atoms with Crippen LogP contribution in [0.5, 0.6) is 0 Å². The zero-order valence-corrected chi connectivity index (χ0v) is 22.3. The molecule has 0 radical (unpaired) electrons. The molecule has 0 amide bonds. The van der Waals surface area contributed by atoms with Crippen LogP contribution in [0.1, 0.15) is 113 Å². The van der Waals surface area contributed by atoms with Gasteiger partial charge in [-0.15, -0.1) is 0 Å². The highest BCUT2D eigenvalue weighted by atomic mass is 16.4. The van der Waals surface area contributed by atoms with Crippen LogP contribution in [-0.4, -0.2) is 22.3 Å². The number of carboxylic acids is 1. The van der Waals surface area contributed by atoms with Gasteiger partial charge in [0, 0.05) is 0 Å². The second kappa shape index (κ2) is 6.89. The molecule has 5 rings (SSSR count). The maximum Gasteiger partial charge on any atom is 0.310 e. The van der Waals surface area contributed by atoms with Crippen molar-refractivity contribution < 1.29 is 15.0 Å². The van der Waals surface area contributed by atoms with Crippen LogP contribution in [0.15, 0.2) is 11.6 Å². The number of rotatable bonds is 1. The molecule has 0 bridgehead atoms. The number of aliphatic carboxylic acids is 1. The van der Waals surface area contributed by atoms with E-state index in [2.05, 4.69) is 54.5 Å². The Bertz CT molecular complexity index is 885. The predicted octanol–water partition coefficient (Wildman–Crippen LogP) is 7.23. The van der Waals surface area contributed by atoms with Crippen LogP contribution in [-0.2, 0) is 4.79 Å². The van der Waals surface area contributed by atoms with Crippen molar-refractivity contribution in [2.24, 2.45) is 50.2 Å². The molecule has 186 valence electrons. The van der Waals surface area contributed by atoms with Crippen molar-refractivity contribution in [2.45, 2.75) is 119 Å². The lowest BCUT2D eigenvalue weighted by Gasteiger charge is -2.70. The van der Waals surface area contributed by atoms with Gasteiger partial charge in [0.15, 0.2) is 0 Å². The van der Waals surface area contributed by atoms with Gasteiger partial charge < -0.3 is 10.2 Å². The summed E-state index contributed by atoms with van der Waals surface area (Å²) in [5.74, 6) is 0.875. The van der Waals surface area contributed by atoms with E-state index >= 15 is 0 Å². The summed E-state index contributed by atoms with van der Waals surface area (Å²) in [7, 11) is 0. The van der Waals surface area contributed by atoms with Crippen LogP contribution in [0.2, 0.25) is 0 Å². The first-order valence-electron chi connectivity index (χ1n) is 13.8. The van der Waals surface area contributed by atoms with Gasteiger partial charge in [-0.05, 0) is 109 Å². The fourth-order valence-corrected chi connectivity index (χ4v) is 10.9. The summed E-state index contributed by atoms with van der Waals surface area (Å²) in [5, 5.41) is 21.4. The van der Waals surface area contributed by atoms with E-state index in [4.69, 9.17) is 0 Å². The Labute approximate surface area is 201 Å². The number of hydrogen-bond acceptors (Lipinski definition) is 2.